The molecule has 3 rings (SSSR count). The normalized spacial score (nSPS) is 10.7. The molecule has 0 unspecified atom stereocenters. The highest BCUT2D eigenvalue weighted by Gasteiger charge is 2.09. The van der Waals surface area contributed by atoms with Crippen molar-refractivity contribution < 1.29 is 4.79 Å². The van der Waals surface area contributed by atoms with Crippen LogP contribution < -0.4 is 11.1 Å². The molecule has 0 radical (unpaired) electrons. The monoisotopic (exact) mass is 281 g/mol. The Labute approximate surface area is 121 Å². The Morgan fingerprint density at radius 1 is 1.29 bits per heavy atom. The summed E-state index contributed by atoms with van der Waals surface area (Å²) in [4.78, 5) is 16.5. The van der Waals surface area contributed by atoms with Gasteiger partial charge >= 0.3 is 0 Å². The van der Waals surface area contributed by atoms with Crippen LogP contribution in [0.3, 0.4) is 0 Å². The summed E-state index contributed by atoms with van der Waals surface area (Å²) in [5, 5.41) is 7.79. The number of rotatable bonds is 4. The van der Waals surface area contributed by atoms with E-state index in [4.69, 9.17) is 5.73 Å². The molecular weight excluding hydrogens is 266 g/mol. The minimum absolute atomic E-state index is 0.117. The van der Waals surface area contributed by atoms with Crippen LogP contribution in [0.5, 0.6) is 0 Å². The van der Waals surface area contributed by atoms with Gasteiger partial charge in [0.15, 0.2) is 0 Å². The molecule has 1 aromatic carbocycles. The van der Waals surface area contributed by atoms with Crippen molar-refractivity contribution in [2.24, 2.45) is 0 Å². The minimum atomic E-state index is -0.117. The molecule has 0 saturated carbocycles. The molecular formula is C15H15N5O. The molecule has 21 heavy (non-hydrogen) atoms. The lowest BCUT2D eigenvalue weighted by Crippen LogP contribution is -2.27. The Bertz CT molecular complexity index is 775. The lowest BCUT2D eigenvalue weighted by atomic mass is 10.1. The average Bonchev–Trinajstić information content (AvgIpc) is 2.92. The maximum Gasteiger partial charge on any atom is 0.252 e. The van der Waals surface area contributed by atoms with Crippen LogP contribution in [0.25, 0.3) is 10.9 Å². The smallest absolute Gasteiger partial charge is 0.252 e. The summed E-state index contributed by atoms with van der Waals surface area (Å²) < 4.78 is 1.69. The van der Waals surface area contributed by atoms with Crippen LogP contribution in [-0.2, 0) is 6.54 Å². The fourth-order valence-corrected chi connectivity index (χ4v) is 2.18. The summed E-state index contributed by atoms with van der Waals surface area (Å²) in [5.41, 5.74) is 7.63. The van der Waals surface area contributed by atoms with Gasteiger partial charge in [-0.1, -0.05) is 12.1 Å². The van der Waals surface area contributed by atoms with Gasteiger partial charge in [-0.3, -0.25) is 14.5 Å². The van der Waals surface area contributed by atoms with E-state index in [-0.39, 0.29) is 5.91 Å². The Morgan fingerprint density at radius 2 is 2.19 bits per heavy atom. The first-order valence-corrected chi connectivity index (χ1v) is 6.64. The van der Waals surface area contributed by atoms with Crippen LogP contribution in [0.4, 0.5) is 5.69 Å². The number of anilines is 1. The lowest BCUT2D eigenvalue weighted by Gasteiger charge is -2.07. The molecule has 6 nitrogen and oxygen atoms in total. The molecule has 0 aliphatic carbocycles. The predicted molar refractivity (Wildman–Crippen MR) is 80.7 cm³/mol. The van der Waals surface area contributed by atoms with Gasteiger partial charge in [0, 0.05) is 29.9 Å². The van der Waals surface area contributed by atoms with E-state index < -0.39 is 0 Å². The van der Waals surface area contributed by atoms with Gasteiger partial charge in [-0.25, -0.2) is 0 Å². The van der Waals surface area contributed by atoms with Gasteiger partial charge in [0.05, 0.1) is 23.9 Å². The number of aromatic nitrogens is 3. The van der Waals surface area contributed by atoms with Crippen LogP contribution in [0, 0.1) is 0 Å². The molecule has 0 spiro atoms. The number of hydrogen-bond acceptors (Lipinski definition) is 4. The van der Waals surface area contributed by atoms with Crippen LogP contribution in [0.15, 0.2) is 48.9 Å². The van der Waals surface area contributed by atoms with E-state index in [1.165, 1.54) is 0 Å². The van der Waals surface area contributed by atoms with Gasteiger partial charge in [0.2, 0.25) is 0 Å². The van der Waals surface area contributed by atoms with Crippen LogP contribution in [-0.4, -0.2) is 27.2 Å². The van der Waals surface area contributed by atoms with E-state index in [1.807, 2.05) is 24.3 Å². The summed E-state index contributed by atoms with van der Waals surface area (Å²) >= 11 is 0. The summed E-state index contributed by atoms with van der Waals surface area (Å²) in [6.45, 7) is 1.06. The molecule has 6 heteroatoms. The first kappa shape index (κ1) is 13.1. The average molecular weight is 281 g/mol. The fourth-order valence-electron chi connectivity index (χ4n) is 2.18. The Hall–Kier alpha value is -2.89. The molecule has 0 aliphatic heterocycles. The third-order valence-corrected chi connectivity index (χ3v) is 3.17. The Balaban J connectivity index is 1.69. The maximum absolute atomic E-state index is 12.3. The number of nitrogens with zero attached hydrogens (tertiary/aromatic N) is 3. The van der Waals surface area contributed by atoms with Crippen molar-refractivity contribution in [3.8, 4) is 0 Å². The van der Waals surface area contributed by atoms with Gasteiger partial charge in [0.25, 0.3) is 5.91 Å². The summed E-state index contributed by atoms with van der Waals surface area (Å²) in [7, 11) is 0. The molecule has 0 bridgehead atoms. The Kier molecular flexibility index (Phi) is 3.51. The maximum atomic E-state index is 12.3. The summed E-state index contributed by atoms with van der Waals surface area (Å²) in [5.74, 6) is -0.117. The van der Waals surface area contributed by atoms with Crippen molar-refractivity contribution >= 4 is 22.5 Å². The second kappa shape index (κ2) is 5.62. The van der Waals surface area contributed by atoms with Crippen LogP contribution in [0.2, 0.25) is 0 Å². The zero-order chi connectivity index (χ0) is 14.7. The van der Waals surface area contributed by atoms with E-state index >= 15 is 0 Å². The van der Waals surface area contributed by atoms with Gasteiger partial charge in [0.1, 0.15) is 0 Å². The molecule has 3 N–H and O–H groups in total. The van der Waals surface area contributed by atoms with E-state index in [0.29, 0.717) is 24.3 Å². The van der Waals surface area contributed by atoms with Gasteiger partial charge in [-0.2, -0.15) is 5.10 Å². The van der Waals surface area contributed by atoms with E-state index in [2.05, 4.69) is 15.4 Å². The number of benzene rings is 1. The number of fused-ring (bicyclic) bond motifs is 1. The number of hydrogen-bond donors (Lipinski definition) is 2. The van der Waals surface area contributed by atoms with Gasteiger partial charge < -0.3 is 11.1 Å². The molecule has 2 aromatic heterocycles. The lowest BCUT2D eigenvalue weighted by molar-refractivity contribution is 0.0953. The number of carbonyl (C=O) groups excluding carboxylic acids is 1. The second-order valence-electron chi connectivity index (χ2n) is 4.67. The first-order valence-electron chi connectivity index (χ1n) is 6.64. The van der Waals surface area contributed by atoms with Crippen molar-refractivity contribution in [3.63, 3.8) is 0 Å². The largest absolute Gasteiger partial charge is 0.396 e. The molecule has 1 amide bonds. The molecule has 2 heterocycles. The number of nitrogens with one attached hydrogen (secondary N) is 1. The van der Waals surface area contributed by atoms with Crippen molar-refractivity contribution in [2.75, 3.05) is 12.3 Å². The quantitative estimate of drug-likeness (QED) is 0.757. The number of pyridine rings is 1. The number of carbonyl (C=O) groups is 1. The highest BCUT2D eigenvalue weighted by molar-refractivity contribution is 6.06. The number of nitrogen functional groups attached to an aromatic ring is 1. The second-order valence-corrected chi connectivity index (χ2v) is 4.67. The minimum Gasteiger partial charge on any atom is -0.396 e. The highest BCUT2D eigenvalue weighted by atomic mass is 16.1. The van der Waals surface area contributed by atoms with E-state index in [9.17, 15) is 4.79 Å². The Morgan fingerprint density at radius 3 is 3.00 bits per heavy atom. The van der Waals surface area contributed by atoms with Crippen molar-refractivity contribution in [1.82, 2.24) is 20.1 Å². The van der Waals surface area contributed by atoms with Crippen molar-refractivity contribution in [3.05, 3.63) is 54.5 Å². The number of nitrogens with two attached hydrogens (primary N) is 1. The van der Waals surface area contributed by atoms with Gasteiger partial charge in [-0.15, -0.1) is 0 Å². The zero-order valence-electron chi connectivity index (χ0n) is 11.4. The van der Waals surface area contributed by atoms with Gasteiger partial charge in [-0.05, 0) is 18.2 Å². The van der Waals surface area contributed by atoms with Crippen LogP contribution in [0.1, 0.15) is 10.4 Å². The van der Waals surface area contributed by atoms with Crippen molar-refractivity contribution in [1.29, 1.82) is 0 Å². The zero-order valence-corrected chi connectivity index (χ0v) is 11.4. The fraction of sp³-hybridized carbons (Fsp3) is 0.133. The highest BCUT2D eigenvalue weighted by Crippen LogP contribution is 2.16. The molecule has 0 saturated heterocycles. The SMILES string of the molecule is Nc1cnn(CCNC(=O)c2cccc3ncccc23)c1. The topological polar surface area (TPSA) is 85.8 Å². The molecule has 3 aromatic rings. The molecule has 0 aliphatic rings. The molecule has 0 fully saturated rings. The standard InChI is InChI=1S/C15H15N5O/c16-11-9-19-20(10-11)8-7-18-15(21)13-3-1-5-14-12(13)4-2-6-17-14/h1-6,9-10H,7-8,16H2,(H,18,21). The predicted octanol–water partition coefficient (Wildman–Crippen LogP) is 1.44. The first-order chi connectivity index (χ1) is 10.2. The third kappa shape index (κ3) is 2.84. The van der Waals surface area contributed by atoms with E-state index in [1.54, 1.807) is 29.3 Å². The summed E-state index contributed by atoms with van der Waals surface area (Å²) in [6, 6.07) is 9.24. The van der Waals surface area contributed by atoms with E-state index in [0.717, 1.165) is 10.9 Å². The number of amides is 1. The molecule has 106 valence electrons. The molecule has 0 atom stereocenters. The third-order valence-electron chi connectivity index (χ3n) is 3.17. The van der Waals surface area contributed by atoms with Crippen LogP contribution >= 0.6 is 0 Å². The summed E-state index contributed by atoms with van der Waals surface area (Å²) in [6.07, 6.45) is 5.03. The van der Waals surface area contributed by atoms with Crippen molar-refractivity contribution in [2.45, 2.75) is 6.54 Å².